The molecular weight excluding hydrogens is 170 g/mol. The number of nitrogens with one attached hydrogen (secondary N) is 1. The fourth-order valence-electron chi connectivity index (χ4n) is 1.42. The van der Waals surface area contributed by atoms with Gasteiger partial charge in [-0.25, -0.2) is 0 Å². The monoisotopic (exact) mass is 181 g/mol. The summed E-state index contributed by atoms with van der Waals surface area (Å²) in [5.74, 6) is 0. The molecule has 0 saturated heterocycles. The number of aromatic nitrogens is 2. The molecule has 2 heterocycles. The third-order valence-electron chi connectivity index (χ3n) is 1.99. The summed E-state index contributed by atoms with van der Waals surface area (Å²) in [6.45, 7) is 2.83. The highest BCUT2D eigenvalue weighted by Gasteiger charge is 2.08. The molecule has 2 rings (SSSR count). The van der Waals surface area contributed by atoms with Crippen LogP contribution in [0.4, 0.5) is 0 Å². The summed E-state index contributed by atoms with van der Waals surface area (Å²) in [4.78, 5) is 1.35. The number of hydrogen-bond donors (Lipinski definition) is 2. The number of nitrogens with two attached hydrogens (primary N) is 1. The molecule has 3 nitrogen and oxygen atoms in total. The SMILES string of the molecule is Cc1sc2cn[nH]c2c1CCN. The summed E-state index contributed by atoms with van der Waals surface area (Å²) in [6.07, 6.45) is 2.81. The maximum Gasteiger partial charge on any atom is 0.0793 e. The van der Waals surface area contributed by atoms with Crippen LogP contribution in [0.5, 0.6) is 0 Å². The second-order valence-electron chi connectivity index (χ2n) is 2.78. The lowest BCUT2D eigenvalue weighted by atomic mass is 10.2. The van der Waals surface area contributed by atoms with Crippen LogP contribution in [0.25, 0.3) is 10.2 Å². The molecule has 0 spiro atoms. The first kappa shape index (κ1) is 7.76. The summed E-state index contributed by atoms with van der Waals surface area (Å²) >= 11 is 1.78. The van der Waals surface area contributed by atoms with E-state index in [2.05, 4.69) is 17.1 Å². The average molecular weight is 181 g/mol. The minimum atomic E-state index is 0.700. The van der Waals surface area contributed by atoms with E-state index < -0.39 is 0 Å². The van der Waals surface area contributed by atoms with E-state index in [4.69, 9.17) is 5.73 Å². The van der Waals surface area contributed by atoms with E-state index in [-0.39, 0.29) is 0 Å². The van der Waals surface area contributed by atoms with Crippen LogP contribution >= 0.6 is 11.3 Å². The molecule has 0 fully saturated rings. The summed E-state index contributed by atoms with van der Waals surface area (Å²) in [5, 5.41) is 6.99. The zero-order chi connectivity index (χ0) is 8.55. The number of fused-ring (bicyclic) bond motifs is 1. The first-order chi connectivity index (χ1) is 5.83. The van der Waals surface area contributed by atoms with E-state index in [9.17, 15) is 0 Å². The second-order valence-corrected chi connectivity index (χ2v) is 4.04. The van der Waals surface area contributed by atoms with Gasteiger partial charge in [-0.2, -0.15) is 5.10 Å². The van der Waals surface area contributed by atoms with Crippen molar-refractivity contribution in [2.45, 2.75) is 13.3 Å². The second kappa shape index (κ2) is 2.88. The van der Waals surface area contributed by atoms with Gasteiger partial charge in [0.25, 0.3) is 0 Å². The first-order valence-corrected chi connectivity index (χ1v) is 4.76. The molecule has 0 amide bonds. The number of rotatable bonds is 2. The van der Waals surface area contributed by atoms with Crippen molar-refractivity contribution < 1.29 is 0 Å². The Hall–Kier alpha value is -0.870. The van der Waals surface area contributed by atoms with Crippen LogP contribution in [0.1, 0.15) is 10.4 Å². The van der Waals surface area contributed by atoms with Gasteiger partial charge in [0.2, 0.25) is 0 Å². The Morgan fingerprint density at radius 1 is 1.67 bits per heavy atom. The van der Waals surface area contributed by atoms with Crippen molar-refractivity contribution in [1.82, 2.24) is 10.2 Å². The molecule has 12 heavy (non-hydrogen) atoms. The van der Waals surface area contributed by atoms with Gasteiger partial charge in [0.05, 0.1) is 16.4 Å². The van der Waals surface area contributed by atoms with Crippen molar-refractivity contribution in [1.29, 1.82) is 0 Å². The van der Waals surface area contributed by atoms with Crippen LogP contribution in [0.3, 0.4) is 0 Å². The van der Waals surface area contributed by atoms with E-state index in [1.165, 1.54) is 20.7 Å². The lowest BCUT2D eigenvalue weighted by Gasteiger charge is -1.95. The first-order valence-electron chi connectivity index (χ1n) is 3.94. The van der Waals surface area contributed by atoms with E-state index in [0.29, 0.717) is 6.54 Å². The number of hydrogen-bond acceptors (Lipinski definition) is 3. The van der Waals surface area contributed by atoms with Crippen LogP contribution < -0.4 is 5.73 Å². The number of aromatic amines is 1. The molecule has 2 aromatic rings. The molecule has 2 aromatic heterocycles. The van der Waals surface area contributed by atoms with E-state index >= 15 is 0 Å². The fraction of sp³-hybridized carbons (Fsp3) is 0.375. The highest BCUT2D eigenvalue weighted by molar-refractivity contribution is 7.19. The van der Waals surface area contributed by atoms with Gasteiger partial charge < -0.3 is 5.73 Å². The molecular formula is C8H11N3S. The van der Waals surface area contributed by atoms with Gasteiger partial charge in [-0.3, -0.25) is 5.10 Å². The van der Waals surface area contributed by atoms with Gasteiger partial charge >= 0.3 is 0 Å². The predicted molar refractivity (Wildman–Crippen MR) is 51.5 cm³/mol. The van der Waals surface area contributed by atoms with Crippen molar-refractivity contribution in [3.05, 3.63) is 16.6 Å². The number of nitrogens with zero attached hydrogens (tertiary/aromatic N) is 1. The Morgan fingerprint density at radius 3 is 3.25 bits per heavy atom. The Labute approximate surface area is 74.6 Å². The molecule has 0 radical (unpaired) electrons. The van der Waals surface area contributed by atoms with Crippen molar-refractivity contribution >= 4 is 21.6 Å². The lowest BCUT2D eigenvalue weighted by Crippen LogP contribution is -2.03. The number of thiophene rings is 1. The number of aryl methyl sites for hydroxylation is 1. The van der Waals surface area contributed by atoms with E-state index in [1.807, 2.05) is 6.20 Å². The van der Waals surface area contributed by atoms with Crippen molar-refractivity contribution in [2.75, 3.05) is 6.54 Å². The number of H-pyrrole nitrogens is 1. The molecule has 0 saturated carbocycles. The Bertz CT molecular complexity index is 388. The van der Waals surface area contributed by atoms with E-state index in [0.717, 1.165) is 6.42 Å². The molecule has 4 heteroatoms. The van der Waals surface area contributed by atoms with E-state index in [1.54, 1.807) is 11.3 Å². The fourth-order valence-corrected chi connectivity index (χ4v) is 2.45. The summed E-state index contributed by atoms with van der Waals surface area (Å²) < 4.78 is 1.23. The molecule has 0 bridgehead atoms. The zero-order valence-corrected chi connectivity index (χ0v) is 7.74. The Morgan fingerprint density at radius 2 is 2.50 bits per heavy atom. The normalized spacial score (nSPS) is 11.2. The molecule has 0 atom stereocenters. The molecule has 0 aliphatic rings. The Balaban J connectivity index is 2.59. The zero-order valence-electron chi connectivity index (χ0n) is 6.92. The summed E-state index contributed by atoms with van der Waals surface area (Å²) in [7, 11) is 0. The summed E-state index contributed by atoms with van der Waals surface area (Å²) in [5.41, 5.74) is 8.02. The van der Waals surface area contributed by atoms with Crippen molar-refractivity contribution in [3.63, 3.8) is 0 Å². The third-order valence-corrected chi connectivity index (χ3v) is 3.07. The maximum atomic E-state index is 5.52. The topological polar surface area (TPSA) is 54.7 Å². The third kappa shape index (κ3) is 1.04. The molecule has 64 valence electrons. The minimum absolute atomic E-state index is 0.700. The smallest absolute Gasteiger partial charge is 0.0793 e. The quantitative estimate of drug-likeness (QED) is 0.736. The Kier molecular flexibility index (Phi) is 1.86. The van der Waals surface area contributed by atoms with Gasteiger partial charge in [0, 0.05) is 4.88 Å². The predicted octanol–water partition coefficient (Wildman–Crippen LogP) is 1.43. The standard InChI is InChI=1S/C8H11N3S/c1-5-6(2-3-9)8-7(12-5)4-10-11-8/h4H,2-3,9H2,1H3,(H,10,11). The molecule has 0 aliphatic heterocycles. The van der Waals surface area contributed by atoms with Gasteiger partial charge in [-0.15, -0.1) is 11.3 Å². The van der Waals surface area contributed by atoms with Crippen LogP contribution in [0.2, 0.25) is 0 Å². The molecule has 0 unspecified atom stereocenters. The van der Waals surface area contributed by atoms with Gasteiger partial charge in [0.1, 0.15) is 0 Å². The highest BCUT2D eigenvalue weighted by Crippen LogP contribution is 2.28. The van der Waals surface area contributed by atoms with Crippen LogP contribution in [0, 0.1) is 6.92 Å². The maximum absolute atomic E-state index is 5.52. The minimum Gasteiger partial charge on any atom is -0.330 e. The van der Waals surface area contributed by atoms with Crippen molar-refractivity contribution in [2.24, 2.45) is 5.73 Å². The molecule has 3 N–H and O–H groups in total. The highest BCUT2D eigenvalue weighted by atomic mass is 32.1. The van der Waals surface area contributed by atoms with Crippen LogP contribution in [-0.2, 0) is 6.42 Å². The summed E-state index contributed by atoms with van der Waals surface area (Å²) in [6, 6.07) is 0. The van der Waals surface area contributed by atoms with Crippen LogP contribution in [0.15, 0.2) is 6.20 Å². The molecule has 0 aromatic carbocycles. The van der Waals surface area contributed by atoms with Gasteiger partial charge in [-0.05, 0) is 25.5 Å². The van der Waals surface area contributed by atoms with Crippen LogP contribution in [-0.4, -0.2) is 16.7 Å². The lowest BCUT2D eigenvalue weighted by molar-refractivity contribution is 0.965. The van der Waals surface area contributed by atoms with Gasteiger partial charge in [0.15, 0.2) is 0 Å². The average Bonchev–Trinajstić information content (AvgIpc) is 2.56. The molecule has 0 aliphatic carbocycles. The van der Waals surface area contributed by atoms with Crippen molar-refractivity contribution in [3.8, 4) is 0 Å². The van der Waals surface area contributed by atoms with Gasteiger partial charge in [-0.1, -0.05) is 0 Å². The largest absolute Gasteiger partial charge is 0.330 e.